The van der Waals surface area contributed by atoms with Crippen LogP contribution in [0.4, 0.5) is 29.3 Å². The number of fused-ring (bicyclic) bond motifs is 3. The van der Waals surface area contributed by atoms with Crippen LogP contribution in [-0.2, 0) is 20.6 Å². The van der Waals surface area contributed by atoms with Crippen LogP contribution >= 0.6 is 11.6 Å². The van der Waals surface area contributed by atoms with E-state index in [1.807, 2.05) is 5.32 Å². The molecule has 0 heterocycles. The molecule has 3 aliphatic rings. The molecule has 1 fully saturated rings. The summed E-state index contributed by atoms with van der Waals surface area (Å²) in [5, 5.41) is 60.9. The fraction of sp³-hybridized carbons (Fsp3) is 0.333. The number of hydrogen-bond donors (Lipinski definition) is 8. The van der Waals surface area contributed by atoms with Gasteiger partial charge in [0, 0.05) is 16.5 Å². The summed E-state index contributed by atoms with van der Waals surface area (Å²) in [7, 11) is 2.76. The summed E-state index contributed by atoms with van der Waals surface area (Å²) in [6.07, 6.45) is -6.69. The van der Waals surface area contributed by atoms with E-state index in [0.29, 0.717) is 6.07 Å². The van der Waals surface area contributed by atoms with Gasteiger partial charge >= 0.3 is 12.2 Å². The van der Waals surface area contributed by atoms with Gasteiger partial charge < -0.3 is 41.9 Å². The predicted molar refractivity (Wildman–Crippen MR) is 159 cm³/mol. The lowest BCUT2D eigenvalue weighted by Gasteiger charge is -2.53. The highest BCUT2D eigenvalue weighted by atomic mass is 35.5. The van der Waals surface area contributed by atoms with E-state index in [9.17, 15) is 57.9 Å². The molecule has 17 heteroatoms. The van der Waals surface area contributed by atoms with Crippen LogP contribution in [0.2, 0.25) is 5.02 Å². The number of alkyl halides is 3. The standard InChI is InChI=1S/C30H28ClF3N4O9/c1-9-11-5-7-14(37-28(46)36-13-6-4-10(31)8-12(13)30(32,33)34)21(39)16(11)22(40)17-15(9)23(41)19-20(38(2)3)24(42)18(27(35)45)26(44)29(19,47)25(17)43/h4-9,15,19-20,23,39-41,44,47H,1-3H3,(H2,35,45)(H2,36,37,46)/t9-,15+,19+,20-,23?,29-/m1/s1. The molecule has 250 valence electrons. The molecule has 3 amide bonds. The minimum absolute atomic E-state index is 0.148. The Hall–Kier alpha value is -4.64. The lowest BCUT2D eigenvalue weighted by Crippen LogP contribution is -2.70. The Morgan fingerprint density at radius 2 is 1.64 bits per heavy atom. The summed E-state index contributed by atoms with van der Waals surface area (Å²) >= 11 is 5.67. The average molecular weight is 681 g/mol. The zero-order valence-corrected chi connectivity index (χ0v) is 25.4. The second-order valence-corrected chi connectivity index (χ2v) is 12.2. The van der Waals surface area contributed by atoms with Gasteiger partial charge in [-0.05, 0) is 49.8 Å². The molecule has 13 nitrogen and oxygen atoms in total. The minimum atomic E-state index is -4.88. The minimum Gasteiger partial charge on any atom is -0.508 e. The number of likely N-dealkylation sites (N-methyl/N-ethyl adjacent to an activating group) is 1. The third-order valence-corrected chi connectivity index (χ3v) is 9.15. The average Bonchev–Trinajstić information content (AvgIpc) is 2.96. The van der Waals surface area contributed by atoms with Gasteiger partial charge in [-0.25, -0.2) is 4.79 Å². The van der Waals surface area contributed by atoms with Crippen molar-refractivity contribution in [1.82, 2.24) is 4.90 Å². The third kappa shape index (κ3) is 4.99. The van der Waals surface area contributed by atoms with Gasteiger partial charge in [0.2, 0.25) is 5.78 Å². The van der Waals surface area contributed by atoms with Crippen LogP contribution in [0.15, 0.2) is 47.2 Å². The Kier molecular flexibility index (Phi) is 8.08. The number of anilines is 2. The molecule has 2 aromatic rings. The van der Waals surface area contributed by atoms with E-state index >= 15 is 0 Å². The second kappa shape index (κ2) is 11.3. The van der Waals surface area contributed by atoms with E-state index in [0.717, 1.165) is 12.1 Å². The molecule has 1 saturated carbocycles. The van der Waals surface area contributed by atoms with Crippen molar-refractivity contribution >= 4 is 52.2 Å². The number of halogens is 4. The number of amides is 3. The zero-order chi connectivity index (χ0) is 35.1. The number of aliphatic hydroxyl groups is 4. The largest absolute Gasteiger partial charge is 0.508 e. The maximum Gasteiger partial charge on any atom is 0.418 e. The van der Waals surface area contributed by atoms with E-state index in [2.05, 4.69) is 5.32 Å². The van der Waals surface area contributed by atoms with Crippen molar-refractivity contribution in [3.05, 3.63) is 69.0 Å². The molecular formula is C30H28ClF3N4O9. The lowest BCUT2D eigenvalue weighted by atomic mass is 9.54. The van der Waals surface area contributed by atoms with Crippen LogP contribution < -0.4 is 16.4 Å². The number of primary amides is 1. The van der Waals surface area contributed by atoms with Crippen molar-refractivity contribution in [2.45, 2.75) is 36.8 Å². The Morgan fingerprint density at radius 1 is 1.04 bits per heavy atom. The van der Waals surface area contributed by atoms with Crippen molar-refractivity contribution in [3.63, 3.8) is 0 Å². The van der Waals surface area contributed by atoms with E-state index < -0.39 is 116 Å². The van der Waals surface area contributed by atoms with E-state index in [1.165, 1.54) is 38.1 Å². The first kappa shape index (κ1) is 33.7. The van der Waals surface area contributed by atoms with E-state index in [1.54, 1.807) is 0 Å². The molecule has 0 bridgehead atoms. The molecule has 5 rings (SSSR count). The molecule has 0 spiro atoms. The summed E-state index contributed by atoms with van der Waals surface area (Å²) in [5.74, 6) is -11.1. The molecule has 0 saturated heterocycles. The lowest BCUT2D eigenvalue weighted by molar-refractivity contribution is -0.169. The molecule has 6 atom stereocenters. The van der Waals surface area contributed by atoms with Crippen LogP contribution in [0.25, 0.3) is 5.76 Å². The molecule has 3 aliphatic carbocycles. The fourth-order valence-corrected chi connectivity index (χ4v) is 7.03. The number of nitrogens with two attached hydrogens (primary N) is 1. The summed E-state index contributed by atoms with van der Waals surface area (Å²) < 4.78 is 40.5. The van der Waals surface area contributed by atoms with Gasteiger partial charge in [-0.1, -0.05) is 24.6 Å². The summed E-state index contributed by atoms with van der Waals surface area (Å²) in [5.41, 5.74) is -2.16. The number of carbonyl (C=O) groups is 4. The van der Waals surface area contributed by atoms with Crippen molar-refractivity contribution in [2.24, 2.45) is 17.6 Å². The molecule has 0 radical (unpaired) electrons. The van der Waals surface area contributed by atoms with Crippen molar-refractivity contribution < 1.29 is 57.9 Å². The highest BCUT2D eigenvalue weighted by molar-refractivity contribution is 6.30. The Labute approximate surface area is 268 Å². The molecule has 2 aromatic carbocycles. The summed E-state index contributed by atoms with van der Waals surface area (Å²) in [6, 6.07) is 2.36. The topological polar surface area (TPSA) is 223 Å². The molecule has 0 aromatic heterocycles. The second-order valence-electron chi connectivity index (χ2n) is 11.7. The van der Waals surface area contributed by atoms with Crippen molar-refractivity contribution in [3.8, 4) is 5.75 Å². The number of rotatable bonds is 4. The maximum absolute atomic E-state index is 14.1. The number of ketones is 2. The number of Topliss-reactive ketones (excluding diaryl/α,β-unsaturated/α-hetero) is 2. The van der Waals surface area contributed by atoms with Crippen molar-refractivity contribution in [2.75, 3.05) is 24.7 Å². The number of phenols is 1. The fourth-order valence-electron chi connectivity index (χ4n) is 6.85. The van der Waals surface area contributed by atoms with Gasteiger partial charge in [0.25, 0.3) is 5.91 Å². The molecule has 0 aliphatic heterocycles. The zero-order valence-electron chi connectivity index (χ0n) is 24.7. The Balaban J connectivity index is 1.60. The SMILES string of the molecule is C[C@@H]1c2ccc(NC(=O)Nc3ccc(Cl)cc3C(F)(F)F)c(O)c2C(O)=C2C(=O)[C@@]3(O)C(O)=C(C(N)=O)C(=O)[C@H](N(C)C)[C@H]3C(O)[C@H]21. The number of aliphatic hydroxyl groups excluding tert-OH is 3. The smallest absolute Gasteiger partial charge is 0.418 e. The highest BCUT2D eigenvalue weighted by Gasteiger charge is 2.68. The predicted octanol–water partition coefficient (Wildman–Crippen LogP) is 2.81. The number of nitrogens with zero attached hydrogens (tertiary/aromatic N) is 1. The number of carbonyl (C=O) groups excluding carboxylic acids is 4. The van der Waals surface area contributed by atoms with Crippen LogP contribution in [0.1, 0.15) is 29.5 Å². The Bertz CT molecular complexity index is 1830. The quantitative estimate of drug-likeness (QED) is 0.174. The number of aromatic hydroxyl groups is 1. The van der Waals surface area contributed by atoms with Gasteiger partial charge in [0.15, 0.2) is 11.4 Å². The molecule has 1 unspecified atom stereocenters. The summed E-state index contributed by atoms with van der Waals surface area (Å²) in [4.78, 5) is 53.5. The number of nitrogens with one attached hydrogen (secondary N) is 2. The van der Waals surface area contributed by atoms with Crippen LogP contribution in [-0.4, -0.2) is 85.8 Å². The van der Waals surface area contributed by atoms with Gasteiger partial charge in [0.05, 0.1) is 40.6 Å². The first-order valence-electron chi connectivity index (χ1n) is 13.9. The third-order valence-electron chi connectivity index (χ3n) is 8.91. The van der Waals surface area contributed by atoms with Crippen LogP contribution in [0, 0.1) is 11.8 Å². The van der Waals surface area contributed by atoms with Gasteiger partial charge in [0.1, 0.15) is 22.8 Å². The highest BCUT2D eigenvalue weighted by Crippen LogP contribution is 2.56. The van der Waals surface area contributed by atoms with Crippen LogP contribution in [0.5, 0.6) is 5.75 Å². The van der Waals surface area contributed by atoms with E-state index in [4.69, 9.17) is 17.3 Å². The number of urea groups is 1. The maximum atomic E-state index is 14.1. The van der Waals surface area contributed by atoms with Gasteiger partial charge in [-0.15, -0.1) is 0 Å². The molecular weight excluding hydrogens is 653 g/mol. The summed E-state index contributed by atoms with van der Waals surface area (Å²) in [6.45, 7) is 1.51. The first-order chi connectivity index (χ1) is 21.7. The first-order valence-corrected chi connectivity index (χ1v) is 14.3. The van der Waals surface area contributed by atoms with E-state index in [-0.39, 0.29) is 10.6 Å². The number of hydrogen-bond acceptors (Lipinski definition) is 10. The normalized spacial score (nSPS) is 27.3. The van der Waals surface area contributed by atoms with Crippen LogP contribution in [0.3, 0.4) is 0 Å². The Morgan fingerprint density at radius 3 is 2.21 bits per heavy atom. The van der Waals surface area contributed by atoms with Gasteiger partial charge in [-0.2, -0.15) is 13.2 Å². The number of phenolic OH excluding ortho intramolecular Hbond substituents is 1. The van der Waals surface area contributed by atoms with Crippen molar-refractivity contribution in [1.29, 1.82) is 0 Å². The number of benzene rings is 2. The van der Waals surface area contributed by atoms with Gasteiger partial charge in [-0.3, -0.25) is 19.3 Å². The molecule has 9 N–H and O–H groups in total. The molecule has 47 heavy (non-hydrogen) atoms. The monoisotopic (exact) mass is 680 g/mol.